The normalized spacial score (nSPS) is 20.3. The lowest BCUT2D eigenvalue weighted by Crippen LogP contribution is -2.56. The average molecular weight is 782 g/mol. The first-order valence-electron chi connectivity index (χ1n) is 19.4. The lowest BCUT2D eigenvalue weighted by Gasteiger charge is -2.43. The zero-order chi connectivity index (χ0) is 40.6. The molecule has 3 saturated heterocycles. The highest BCUT2D eigenvalue weighted by molar-refractivity contribution is 5.90. The molecule has 4 amide bonds. The number of hydrogen-bond acceptors (Lipinski definition) is 7. The number of ether oxygens (including phenoxy) is 2. The van der Waals surface area contributed by atoms with Gasteiger partial charge in [0.05, 0.1) is 11.7 Å². The Morgan fingerprint density at radius 2 is 1.50 bits per heavy atom. The Morgan fingerprint density at radius 1 is 0.857 bits per heavy atom. The van der Waals surface area contributed by atoms with Crippen LogP contribution in [0.4, 0.5) is 28.4 Å². The second kappa shape index (κ2) is 16.0. The predicted molar refractivity (Wildman–Crippen MR) is 207 cm³/mol. The van der Waals surface area contributed by atoms with Crippen LogP contribution in [0.5, 0.6) is 5.75 Å². The summed E-state index contributed by atoms with van der Waals surface area (Å²) >= 11 is 0. The summed E-state index contributed by atoms with van der Waals surface area (Å²) in [5.74, 6) is 0.607. The standard InChI is InChI=1S/C41H54F3N7O5/c1-26-22-33(51(25-26)38(54)56-40(5,6)7)35-45-24-32(47-35)28-10-8-27(9-11-28)31-13-12-29(23-34(31)55-41(42,43)44)46-37(53)50-16-14-30(15-17-50)48-18-20-49(21-19-48)36(52)39(2,3)4/h8-13,23-24,26,30,33H,14-22,25H2,1-7H3,(H,45,47)(H,46,53)/t26-,33-/m0/s1. The molecule has 56 heavy (non-hydrogen) atoms. The number of H-pyrrole nitrogens is 1. The molecule has 15 heteroatoms. The van der Waals surface area contributed by atoms with Crippen molar-refractivity contribution >= 4 is 23.7 Å². The van der Waals surface area contributed by atoms with E-state index in [0.29, 0.717) is 55.8 Å². The SMILES string of the molecule is C[C@H]1C[C@@H](c2nc(-c3ccc(-c4ccc(NC(=O)N5CCC(N6CCN(C(=O)C(C)(C)C)CC6)CC5)cc4OC(F)(F)F)cc3)c[nH]2)N(C(=O)OC(C)(C)C)C1. The maximum absolute atomic E-state index is 13.6. The summed E-state index contributed by atoms with van der Waals surface area (Å²) in [4.78, 5) is 54.6. The van der Waals surface area contributed by atoms with Crippen molar-refractivity contribution in [3.63, 3.8) is 0 Å². The Kier molecular flexibility index (Phi) is 11.7. The summed E-state index contributed by atoms with van der Waals surface area (Å²) in [5, 5.41) is 2.76. The first kappa shape index (κ1) is 40.9. The number of amides is 4. The van der Waals surface area contributed by atoms with Gasteiger partial charge in [-0.1, -0.05) is 52.0 Å². The fourth-order valence-corrected chi connectivity index (χ4v) is 7.75. The molecule has 2 aromatic carbocycles. The van der Waals surface area contributed by atoms with Crippen LogP contribution in [0.15, 0.2) is 48.7 Å². The van der Waals surface area contributed by atoms with Crippen LogP contribution in [0, 0.1) is 11.3 Å². The number of urea groups is 1. The summed E-state index contributed by atoms with van der Waals surface area (Å²) in [6.07, 6.45) is -1.35. The second-order valence-electron chi connectivity index (χ2n) is 17.2. The highest BCUT2D eigenvalue weighted by Gasteiger charge is 2.39. The number of carbonyl (C=O) groups excluding carboxylic acids is 3. The van der Waals surface area contributed by atoms with Gasteiger partial charge >= 0.3 is 18.5 Å². The summed E-state index contributed by atoms with van der Waals surface area (Å²) in [5.41, 5.74) is 1.18. The van der Waals surface area contributed by atoms with Crippen LogP contribution < -0.4 is 10.1 Å². The Balaban J connectivity index is 1.08. The van der Waals surface area contributed by atoms with E-state index in [0.717, 1.165) is 37.9 Å². The summed E-state index contributed by atoms with van der Waals surface area (Å²) < 4.78 is 51.0. The van der Waals surface area contributed by atoms with E-state index in [4.69, 9.17) is 9.72 Å². The summed E-state index contributed by atoms with van der Waals surface area (Å²) in [7, 11) is 0. The first-order chi connectivity index (χ1) is 26.2. The van der Waals surface area contributed by atoms with E-state index in [2.05, 4.69) is 26.9 Å². The molecule has 0 radical (unpaired) electrons. The number of alkyl halides is 3. The van der Waals surface area contributed by atoms with Gasteiger partial charge < -0.3 is 29.6 Å². The van der Waals surface area contributed by atoms with Crippen LogP contribution in [-0.2, 0) is 9.53 Å². The van der Waals surface area contributed by atoms with Crippen molar-refractivity contribution < 1.29 is 37.0 Å². The van der Waals surface area contributed by atoms with E-state index in [9.17, 15) is 27.6 Å². The van der Waals surface area contributed by atoms with Crippen LogP contribution in [0.25, 0.3) is 22.4 Å². The highest BCUT2D eigenvalue weighted by Crippen LogP contribution is 2.39. The van der Waals surface area contributed by atoms with Crippen molar-refractivity contribution in [1.29, 1.82) is 0 Å². The first-order valence-corrected chi connectivity index (χ1v) is 19.4. The van der Waals surface area contributed by atoms with Crippen molar-refractivity contribution in [2.24, 2.45) is 11.3 Å². The van der Waals surface area contributed by atoms with Crippen LogP contribution in [0.3, 0.4) is 0 Å². The molecule has 304 valence electrons. The van der Waals surface area contributed by atoms with Crippen LogP contribution in [0.1, 0.15) is 79.6 Å². The number of hydrogen-bond donors (Lipinski definition) is 2. The Morgan fingerprint density at radius 3 is 2.11 bits per heavy atom. The molecule has 2 N–H and O–H groups in total. The van der Waals surface area contributed by atoms with Crippen LogP contribution in [-0.4, -0.2) is 111 Å². The van der Waals surface area contributed by atoms with Gasteiger partial charge in [0, 0.05) is 86.3 Å². The zero-order valence-electron chi connectivity index (χ0n) is 33.3. The highest BCUT2D eigenvalue weighted by atomic mass is 19.4. The van der Waals surface area contributed by atoms with Gasteiger partial charge in [-0.3, -0.25) is 14.6 Å². The molecule has 3 aliphatic heterocycles. The topological polar surface area (TPSA) is 123 Å². The molecule has 2 atom stereocenters. The molecule has 4 heterocycles. The van der Waals surface area contributed by atoms with Crippen molar-refractivity contribution in [1.82, 2.24) is 29.6 Å². The van der Waals surface area contributed by atoms with Crippen molar-refractivity contribution in [2.75, 3.05) is 51.1 Å². The van der Waals surface area contributed by atoms with Crippen LogP contribution >= 0.6 is 0 Å². The zero-order valence-corrected chi connectivity index (χ0v) is 33.3. The number of nitrogens with zero attached hydrogens (tertiary/aromatic N) is 5. The smallest absolute Gasteiger partial charge is 0.444 e. The minimum Gasteiger partial charge on any atom is -0.444 e. The predicted octanol–water partition coefficient (Wildman–Crippen LogP) is 8.15. The monoisotopic (exact) mass is 781 g/mol. The Labute approximate surface area is 326 Å². The molecular weight excluding hydrogens is 727 g/mol. The van der Waals surface area contributed by atoms with Gasteiger partial charge in [-0.25, -0.2) is 14.6 Å². The van der Waals surface area contributed by atoms with Gasteiger partial charge in [0.1, 0.15) is 17.2 Å². The number of aromatic nitrogens is 2. The molecule has 0 saturated carbocycles. The third-order valence-corrected chi connectivity index (χ3v) is 10.5. The third-order valence-electron chi connectivity index (χ3n) is 10.5. The molecule has 3 fully saturated rings. The number of rotatable bonds is 6. The largest absolute Gasteiger partial charge is 0.573 e. The van der Waals surface area contributed by atoms with E-state index < -0.39 is 35.3 Å². The maximum Gasteiger partial charge on any atom is 0.573 e. The number of aromatic amines is 1. The minimum atomic E-state index is -4.96. The van der Waals surface area contributed by atoms with Gasteiger partial charge in [-0.15, -0.1) is 13.2 Å². The number of halogens is 3. The number of anilines is 1. The van der Waals surface area contributed by atoms with Gasteiger partial charge in [0.2, 0.25) is 5.91 Å². The molecule has 0 unspecified atom stereocenters. The van der Waals surface area contributed by atoms with Crippen LogP contribution in [0.2, 0.25) is 0 Å². The lowest BCUT2D eigenvalue weighted by atomic mass is 9.94. The lowest BCUT2D eigenvalue weighted by molar-refractivity contribution is -0.274. The van der Waals surface area contributed by atoms with E-state index in [1.807, 2.05) is 46.4 Å². The second-order valence-corrected chi connectivity index (χ2v) is 17.2. The summed E-state index contributed by atoms with van der Waals surface area (Å²) in [6, 6.07) is 10.8. The molecule has 6 rings (SSSR count). The molecule has 3 aromatic rings. The molecule has 0 aliphatic carbocycles. The number of carbonyl (C=O) groups is 3. The minimum absolute atomic E-state index is 0.155. The Hall–Kier alpha value is -4.79. The molecule has 0 spiro atoms. The molecule has 0 bridgehead atoms. The van der Waals surface area contributed by atoms with Crippen molar-refractivity contribution in [3.8, 4) is 28.1 Å². The van der Waals surface area contributed by atoms with E-state index >= 15 is 0 Å². The van der Waals surface area contributed by atoms with Crippen molar-refractivity contribution in [3.05, 3.63) is 54.5 Å². The van der Waals surface area contributed by atoms with Crippen molar-refractivity contribution in [2.45, 2.75) is 91.8 Å². The fraction of sp³-hybridized carbons (Fsp3) is 0.561. The molecule has 1 aromatic heterocycles. The Bertz CT molecular complexity index is 1870. The van der Waals surface area contributed by atoms with Gasteiger partial charge in [0.25, 0.3) is 0 Å². The quantitative estimate of drug-likeness (QED) is 0.259. The molecular formula is C41H54F3N7O5. The van der Waals surface area contributed by atoms with Gasteiger partial charge in [-0.2, -0.15) is 0 Å². The van der Waals surface area contributed by atoms with E-state index in [-0.39, 0.29) is 29.1 Å². The third kappa shape index (κ3) is 9.95. The molecule has 12 nitrogen and oxygen atoms in total. The fourth-order valence-electron chi connectivity index (χ4n) is 7.75. The summed E-state index contributed by atoms with van der Waals surface area (Å²) in [6.45, 7) is 17.9. The number of nitrogens with one attached hydrogen (secondary N) is 2. The number of imidazole rings is 1. The maximum atomic E-state index is 13.6. The average Bonchev–Trinajstić information content (AvgIpc) is 3.77. The van der Waals surface area contributed by atoms with E-state index in [1.165, 1.54) is 12.1 Å². The number of likely N-dealkylation sites (tertiary alicyclic amines) is 2. The number of benzene rings is 2. The van der Waals surface area contributed by atoms with Gasteiger partial charge in [0.15, 0.2) is 0 Å². The van der Waals surface area contributed by atoms with Gasteiger partial charge in [-0.05, 0) is 63.6 Å². The molecule has 3 aliphatic rings. The number of piperidine rings is 1. The number of piperazine rings is 1. The van der Waals surface area contributed by atoms with E-state index in [1.54, 1.807) is 46.3 Å².